The molecule has 40 heavy (non-hydrogen) atoms. The van der Waals surface area contributed by atoms with Crippen LogP contribution in [0.4, 0.5) is 34.6 Å². The van der Waals surface area contributed by atoms with Crippen LogP contribution in [0.1, 0.15) is 57.1 Å². The predicted octanol–water partition coefficient (Wildman–Crippen LogP) is 8.69. The van der Waals surface area contributed by atoms with Crippen LogP contribution < -0.4 is 15.5 Å². The molecule has 0 aromatic heterocycles. The minimum absolute atomic E-state index is 0.00866. The molecule has 0 saturated carbocycles. The maximum Gasteiger partial charge on any atom is 0.393 e. The first kappa shape index (κ1) is 30.7. The summed E-state index contributed by atoms with van der Waals surface area (Å²) in [4.78, 5) is 18.1. The van der Waals surface area contributed by atoms with Gasteiger partial charge < -0.3 is 15.5 Å². The lowest BCUT2D eigenvalue weighted by molar-refractivity contribution is -0.176. The lowest BCUT2D eigenvalue weighted by Crippen LogP contribution is -2.41. The SMILES string of the molecule is CC(F)C(=O)NCc1ccc(Cl)c(N=C2CC(C)C(C)c3cc(N4CCCC(C(F)(F)F)C4)c(Cl)cc3N2)c1Cl. The van der Waals surface area contributed by atoms with Gasteiger partial charge in [-0.3, -0.25) is 4.79 Å². The number of amides is 1. The lowest BCUT2D eigenvalue weighted by atomic mass is 9.86. The van der Waals surface area contributed by atoms with Crippen LogP contribution in [-0.2, 0) is 11.3 Å². The molecule has 4 unspecified atom stereocenters. The van der Waals surface area contributed by atoms with Crippen molar-refractivity contribution in [2.45, 2.75) is 64.8 Å². The molecule has 2 aliphatic rings. The van der Waals surface area contributed by atoms with Crippen LogP contribution >= 0.6 is 34.8 Å². The van der Waals surface area contributed by atoms with Gasteiger partial charge in [-0.05, 0) is 60.9 Å². The normalized spacial score (nSPS) is 23.3. The third-order valence-corrected chi connectivity index (χ3v) is 8.72. The zero-order valence-electron chi connectivity index (χ0n) is 22.3. The second-order valence-electron chi connectivity index (χ2n) is 10.6. The first-order valence-electron chi connectivity index (χ1n) is 13.1. The van der Waals surface area contributed by atoms with E-state index in [4.69, 9.17) is 39.8 Å². The molecule has 5 nitrogen and oxygen atoms in total. The van der Waals surface area contributed by atoms with Gasteiger partial charge in [-0.2, -0.15) is 13.2 Å². The number of halogens is 7. The molecule has 0 aliphatic carbocycles. The Labute approximate surface area is 246 Å². The quantitative estimate of drug-likeness (QED) is 0.329. The zero-order chi connectivity index (χ0) is 29.4. The monoisotopic (exact) mass is 620 g/mol. The van der Waals surface area contributed by atoms with Gasteiger partial charge in [-0.15, -0.1) is 0 Å². The van der Waals surface area contributed by atoms with E-state index in [0.717, 1.165) is 12.5 Å². The van der Waals surface area contributed by atoms with E-state index in [1.807, 2.05) is 6.07 Å². The molecule has 2 aromatic rings. The molecule has 1 fully saturated rings. The molecule has 1 amide bonds. The number of aliphatic imine (C=N–C) groups is 1. The van der Waals surface area contributed by atoms with Crippen LogP contribution in [0.2, 0.25) is 15.1 Å². The highest BCUT2D eigenvalue weighted by atomic mass is 35.5. The summed E-state index contributed by atoms with van der Waals surface area (Å²) in [5.41, 5.74) is 3.07. The van der Waals surface area contributed by atoms with Gasteiger partial charge in [0.25, 0.3) is 5.91 Å². The van der Waals surface area contributed by atoms with E-state index in [0.29, 0.717) is 57.9 Å². The van der Waals surface area contributed by atoms with Crippen molar-refractivity contribution in [3.63, 3.8) is 0 Å². The molecule has 12 heteroatoms. The van der Waals surface area contributed by atoms with E-state index in [1.54, 1.807) is 23.1 Å². The summed E-state index contributed by atoms with van der Waals surface area (Å²) in [5.74, 6) is -1.40. The van der Waals surface area contributed by atoms with Crippen LogP contribution in [0.15, 0.2) is 29.3 Å². The Balaban J connectivity index is 1.65. The van der Waals surface area contributed by atoms with E-state index >= 15 is 0 Å². The molecule has 2 N–H and O–H groups in total. The van der Waals surface area contributed by atoms with Gasteiger partial charge >= 0.3 is 6.18 Å². The van der Waals surface area contributed by atoms with E-state index < -0.39 is 24.2 Å². The summed E-state index contributed by atoms with van der Waals surface area (Å²) in [5, 5.41) is 6.72. The van der Waals surface area contributed by atoms with Gasteiger partial charge in [-0.1, -0.05) is 54.7 Å². The number of rotatable bonds is 5. The zero-order valence-corrected chi connectivity index (χ0v) is 24.6. The molecular formula is C28H31Cl3F4N4O. The fourth-order valence-corrected chi connectivity index (χ4v) is 5.92. The number of fused-ring (bicyclic) bond motifs is 1. The molecule has 4 atom stereocenters. The molecule has 2 aromatic carbocycles. The molecule has 1 saturated heterocycles. The summed E-state index contributed by atoms with van der Waals surface area (Å²) in [6.45, 7) is 5.68. The van der Waals surface area contributed by atoms with Gasteiger partial charge in [0.2, 0.25) is 0 Å². The number of hydrogen-bond donors (Lipinski definition) is 2. The minimum Gasteiger partial charge on any atom is -0.370 e. The van der Waals surface area contributed by atoms with Crippen LogP contribution in [0.3, 0.4) is 0 Å². The van der Waals surface area contributed by atoms with Crippen LogP contribution in [0.25, 0.3) is 0 Å². The predicted molar refractivity (Wildman–Crippen MR) is 154 cm³/mol. The number of amidine groups is 1. The van der Waals surface area contributed by atoms with Crippen molar-refractivity contribution in [2.75, 3.05) is 23.3 Å². The Morgan fingerprint density at radius 2 is 1.93 bits per heavy atom. The summed E-state index contributed by atoms with van der Waals surface area (Å²) in [6, 6.07) is 6.88. The lowest BCUT2D eigenvalue weighted by Gasteiger charge is -2.36. The van der Waals surface area contributed by atoms with Gasteiger partial charge in [0.1, 0.15) is 11.5 Å². The molecule has 0 bridgehead atoms. The van der Waals surface area contributed by atoms with Crippen molar-refractivity contribution >= 4 is 63.6 Å². The highest BCUT2D eigenvalue weighted by Crippen LogP contribution is 2.44. The number of alkyl halides is 4. The van der Waals surface area contributed by atoms with Gasteiger partial charge in [0.05, 0.1) is 26.7 Å². The van der Waals surface area contributed by atoms with Gasteiger partial charge in [0.15, 0.2) is 6.17 Å². The smallest absolute Gasteiger partial charge is 0.370 e. The fourth-order valence-electron chi connectivity index (χ4n) is 5.12. The van der Waals surface area contributed by atoms with Gasteiger partial charge in [0, 0.05) is 31.7 Å². The van der Waals surface area contributed by atoms with E-state index in [9.17, 15) is 22.4 Å². The number of piperidine rings is 1. The van der Waals surface area contributed by atoms with Crippen LogP contribution in [0, 0.1) is 11.8 Å². The molecule has 4 rings (SSSR count). The maximum absolute atomic E-state index is 13.5. The van der Waals surface area contributed by atoms with Crippen molar-refractivity contribution in [3.05, 3.63) is 50.5 Å². The van der Waals surface area contributed by atoms with E-state index in [1.165, 1.54) is 0 Å². The fraction of sp³-hybridized carbons (Fsp3) is 0.500. The summed E-state index contributed by atoms with van der Waals surface area (Å²) >= 11 is 19.7. The molecule has 0 radical (unpaired) electrons. The average molecular weight is 622 g/mol. The molecule has 2 aliphatic heterocycles. The van der Waals surface area contributed by atoms with Crippen molar-refractivity contribution in [1.29, 1.82) is 0 Å². The Hall–Kier alpha value is -2.23. The molecular weight excluding hydrogens is 591 g/mol. The Morgan fingerprint density at radius 3 is 2.60 bits per heavy atom. The van der Waals surface area contributed by atoms with Crippen molar-refractivity contribution < 1.29 is 22.4 Å². The molecule has 218 valence electrons. The van der Waals surface area contributed by atoms with Gasteiger partial charge in [-0.25, -0.2) is 9.38 Å². The van der Waals surface area contributed by atoms with E-state index in [2.05, 4.69) is 24.5 Å². The Bertz CT molecular complexity index is 1300. The number of benzene rings is 2. The number of anilines is 2. The third kappa shape index (κ3) is 6.80. The second kappa shape index (κ2) is 12.3. The maximum atomic E-state index is 13.5. The summed E-state index contributed by atoms with van der Waals surface area (Å²) in [6.07, 6.45) is -4.81. The Morgan fingerprint density at radius 1 is 1.20 bits per heavy atom. The molecule has 0 spiro atoms. The third-order valence-electron chi connectivity index (χ3n) is 7.69. The number of nitrogens with zero attached hydrogens (tertiary/aromatic N) is 2. The minimum atomic E-state index is -4.25. The molecule has 2 heterocycles. The number of nitrogens with one attached hydrogen (secondary N) is 2. The van der Waals surface area contributed by atoms with Crippen molar-refractivity contribution in [3.8, 4) is 0 Å². The van der Waals surface area contributed by atoms with Crippen molar-refractivity contribution in [2.24, 2.45) is 16.8 Å². The van der Waals surface area contributed by atoms with Crippen LogP contribution in [-0.4, -0.2) is 37.2 Å². The summed E-state index contributed by atoms with van der Waals surface area (Å²) in [7, 11) is 0. The standard InChI is InChI=1S/C28H31Cl3F4N4O/c1-14-9-24(38-26-20(29)7-6-17(25(26)31)12-36-27(40)16(3)32)37-22-11-21(30)23(10-19(22)15(14)2)39-8-4-5-18(13-39)28(33,34)35/h6-7,10-11,14-16,18H,4-5,8-9,12-13H2,1-3H3,(H,36,40)(H,37,38). The number of carbonyl (C=O) groups is 1. The summed E-state index contributed by atoms with van der Waals surface area (Å²) < 4.78 is 53.6. The topological polar surface area (TPSA) is 56.7 Å². The van der Waals surface area contributed by atoms with E-state index in [-0.39, 0.29) is 36.4 Å². The van der Waals surface area contributed by atoms with Crippen LogP contribution in [0.5, 0.6) is 0 Å². The number of hydrogen-bond acceptors (Lipinski definition) is 3. The first-order chi connectivity index (χ1) is 18.8. The highest BCUT2D eigenvalue weighted by Gasteiger charge is 2.42. The Kier molecular flexibility index (Phi) is 9.47. The first-order valence-corrected chi connectivity index (χ1v) is 14.3. The van der Waals surface area contributed by atoms with Crippen molar-refractivity contribution in [1.82, 2.24) is 5.32 Å². The number of carbonyl (C=O) groups excluding carboxylic acids is 1. The largest absolute Gasteiger partial charge is 0.393 e. The highest BCUT2D eigenvalue weighted by molar-refractivity contribution is 6.39. The average Bonchev–Trinajstić information content (AvgIpc) is 3.00. The second-order valence-corrected chi connectivity index (χ2v) is 11.8.